The Bertz CT molecular complexity index is 377. The monoisotopic (exact) mass is 247 g/mol. The Hall–Kier alpha value is -1.02. The van der Waals surface area contributed by atoms with Gasteiger partial charge in [-0.3, -0.25) is 0 Å². The average molecular weight is 247 g/mol. The van der Waals surface area contributed by atoms with Crippen LogP contribution in [0.25, 0.3) is 0 Å². The predicted molar refractivity (Wildman–Crippen MR) is 75.8 cm³/mol. The Morgan fingerprint density at radius 1 is 1.22 bits per heavy atom. The Morgan fingerprint density at radius 2 is 2.00 bits per heavy atom. The summed E-state index contributed by atoms with van der Waals surface area (Å²) >= 11 is 0. The summed E-state index contributed by atoms with van der Waals surface area (Å²) in [5.74, 6) is 2.60. The molecular formula is C16H25NO. The van der Waals surface area contributed by atoms with Crippen molar-refractivity contribution in [2.24, 2.45) is 11.8 Å². The molecule has 0 aliphatic heterocycles. The van der Waals surface area contributed by atoms with E-state index in [0.717, 1.165) is 24.1 Å². The number of nitrogens with one attached hydrogen (secondary N) is 1. The smallest absolute Gasteiger partial charge is 0.123 e. The minimum Gasteiger partial charge on any atom is -0.496 e. The molecule has 1 aliphatic carbocycles. The summed E-state index contributed by atoms with van der Waals surface area (Å²) < 4.78 is 5.39. The molecule has 1 aromatic rings. The van der Waals surface area contributed by atoms with Gasteiger partial charge >= 0.3 is 0 Å². The van der Waals surface area contributed by atoms with E-state index in [-0.39, 0.29) is 0 Å². The molecule has 0 heterocycles. The van der Waals surface area contributed by atoms with Crippen LogP contribution in [0.4, 0.5) is 0 Å². The first kappa shape index (κ1) is 13.4. The molecule has 0 bridgehead atoms. The number of ether oxygens (including phenoxy) is 1. The van der Waals surface area contributed by atoms with E-state index in [9.17, 15) is 0 Å². The lowest BCUT2D eigenvalue weighted by Gasteiger charge is -2.35. The van der Waals surface area contributed by atoms with E-state index in [1.165, 1.54) is 24.8 Å². The van der Waals surface area contributed by atoms with Gasteiger partial charge in [0.05, 0.1) is 7.11 Å². The molecule has 1 fully saturated rings. The molecule has 1 saturated carbocycles. The van der Waals surface area contributed by atoms with Crippen molar-refractivity contribution < 1.29 is 4.74 Å². The molecular weight excluding hydrogens is 222 g/mol. The molecule has 1 aromatic carbocycles. The molecule has 2 rings (SSSR count). The minimum atomic E-state index is 0.652. The van der Waals surface area contributed by atoms with Crippen molar-refractivity contribution >= 4 is 0 Å². The molecule has 1 aliphatic rings. The fourth-order valence-corrected chi connectivity index (χ4v) is 2.96. The van der Waals surface area contributed by atoms with Crippen LogP contribution in [0.5, 0.6) is 5.75 Å². The normalized spacial score (nSPS) is 28.1. The molecule has 0 amide bonds. The highest BCUT2D eigenvalue weighted by molar-refractivity contribution is 5.33. The van der Waals surface area contributed by atoms with Gasteiger partial charge in [0.15, 0.2) is 0 Å². The van der Waals surface area contributed by atoms with Gasteiger partial charge in [0.1, 0.15) is 5.75 Å². The molecule has 3 atom stereocenters. The van der Waals surface area contributed by atoms with E-state index in [1.54, 1.807) is 7.11 Å². The summed E-state index contributed by atoms with van der Waals surface area (Å²) in [6, 6.07) is 8.92. The Labute approximate surface area is 111 Å². The second-order valence-electron chi connectivity index (χ2n) is 5.57. The Morgan fingerprint density at radius 3 is 2.78 bits per heavy atom. The number of para-hydroxylation sites is 1. The summed E-state index contributed by atoms with van der Waals surface area (Å²) in [5, 5.41) is 3.71. The molecule has 0 unspecified atom stereocenters. The largest absolute Gasteiger partial charge is 0.496 e. The van der Waals surface area contributed by atoms with Crippen LogP contribution >= 0.6 is 0 Å². The number of hydrogen-bond donors (Lipinski definition) is 1. The van der Waals surface area contributed by atoms with Gasteiger partial charge in [-0.1, -0.05) is 44.9 Å². The number of hydrogen-bond acceptors (Lipinski definition) is 2. The highest BCUT2D eigenvalue weighted by atomic mass is 16.5. The lowest BCUT2D eigenvalue weighted by molar-refractivity contribution is 0.205. The van der Waals surface area contributed by atoms with Gasteiger partial charge in [0, 0.05) is 18.2 Å². The predicted octanol–water partition coefficient (Wildman–Crippen LogP) is 3.61. The summed E-state index contributed by atoms with van der Waals surface area (Å²) in [6.07, 6.45) is 4.05. The first-order chi connectivity index (χ1) is 8.72. The highest BCUT2D eigenvalue weighted by Crippen LogP contribution is 2.30. The van der Waals surface area contributed by atoms with Crippen molar-refractivity contribution in [3.63, 3.8) is 0 Å². The van der Waals surface area contributed by atoms with E-state index in [2.05, 4.69) is 31.3 Å². The Balaban J connectivity index is 1.94. The van der Waals surface area contributed by atoms with Gasteiger partial charge < -0.3 is 10.1 Å². The van der Waals surface area contributed by atoms with E-state index in [1.807, 2.05) is 12.1 Å². The van der Waals surface area contributed by atoms with Crippen LogP contribution < -0.4 is 10.1 Å². The summed E-state index contributed by atoms with van der Waals surface area (Å²) in [6.45, 7) is 5.66. The SMILES string of the molecule is COc1ccccc1CN[C@@H]1CCC[C@H](C)[C@@H]1C. The molecule has 100 valence electrons. The lowest BCUT2D eigenvalue weighted by Crippen LogP contribution is -2.40. The standard InChI is InChI=1S/C16H25NO/c1-12-7-6-9-15(13(12)2)17-11-14-8-4-5-10-16(14)18-3/h4-5,8,10,12-13,15,17H,6-7,9,11H2,1-3H3/t12-,13-,15+/m0/s1. The molecule has 2 heteroatoms. The van der Waals surface area contributed by atoms with E-state index < -0.39 is 0 Å². The third kappa shape index (κ3) is 3.05. The van der Waals surface area contributed by atoms with Crippen molar-refractivity contribution in [3.05, 3.63) is 29.8 Å². The van der Waals surface area contributed by atoms with Crippen molar-refractivity contribution in [1.29, 1.82) is 0 Å². The fourth-order valence-electron chi connectivity index (χ4n) is 2.96. The zero-order chi connectivity index (χ0) is 13.0. The zero-order valence-electron chi connectivity index (χ0n) is 11.8. The average Bonchev–Trinajstić information content (AvgIpc) is 2.41. The van der Waals surface area contributed by atoms with E-state index in [0.29, 0.717) is 6.04 Å². The third-order valence-corrected chi connectivity index (χ3v) is 4.45. The van der Waals surface area contributed by atoms with Crippen LogP contribution in [-0.4, -0.2) is 13.2 Å². The van der Waals surface area contributed by atoms with Gasteiger partial charge in [0.2, 0.25) is 0 Å². The molecule has 18 heavy (non-hydrogen) atoms. The van der Waals surface area contributed by atoms with E-state index >= 15 is 0 Å². The Kier molecular flexibility index (Phi) is 4.65. The zero-order valence-corrected chi connectivity index (χ0v) is 11.8. The van der Waals surface area contributed by atoms with Gasteiger partial charge in [-0.25, -0.2) is 0 Å². The van der Waals surface area contributed by atoms with Crippen molar-refractivity contribution in [1.82, 2.24) is 5.32 Å². The van der Waals surface area contributed by atoms with Crippen molar-refractivity contribution in [2.75, 3.05) is 7.11 Å². The molecule has 0 spiro atoms. The minimum absolute atomic E-state index is 0.652. The quantitative estimate of drug-likeness (QED) is 0.877. The maximum Gasteiger partial charge on any atom is 0.123 e. The number of rotatable bonds is 4. The van der Waals surface area contributed by atoms with Crippen molar-refractivity contribution in [2.45, 2.75) is 45.7 Å². The van der Waals surface area contributed by atoms with Gasteiger partial charge in [-0.15, -0.1) is 0 Å². The maximum atomic E-state index is 5.39. The topological polar surface area (TPSA) is 21.3 Å². The second kappa shape index (κ2) is 6.24. The lowest BCUT2D eigenvalue weighted by atomic mass is 9.78. The van der Waals surface area contributed by atoms with Crippen LogP contribution in [0.2, 0.25) is 0 Å². The number of methoxy groups -OCH3 is 1. The number of benzene rings is 1. The molecule has 2 nitrogen and oxygen atoms in total. The van der Waals surface area contributed by atoms with Crippen molar-refractivity contribution in [3.8, 4) is 5.75 Å². The van der Waals surface area contributed by atoms with Crippen LogP contribution in [0.15, 0.2) is 24.3 Å². The van der Waals surface area contributed by atoms with Gasteiger partial charge in [-0.2, -0.15) is 0 Å². The van der Waals surface area contributed by atoms with Crippen LogP contribution in [0.1, 0.15) is 38.7 Å². The van der Waals surface area contributed by atoms with E-state index in [4.69, 9.17) is 4.74 Å². The van der Waals surface area contributed by atoms with Crippen LogP contribution in [0.3, 0.4) is 0 Å². The second-order valence-corrected chi connectivity index (χ2v) is 5.57. The molecule has 0 radical (unpaired) electrons. The first-order valence-electron chi connectivity index (χ1n) is 7.07. The van der Waals surface area contributed by atoms with Gasteiger partial charge in [-0.05, 0) is 24.3 Å². The third-order valence-electron chi connectivity index (χ3n) is 4.45. The molecule has 1 N–H and O–H groups in total. The molecule has 0 aromatic heterocycles. The van der Waals surface area contributed by atoms with Gasteiger partial charge in [0.25, 0.3) is 0 Å². The highest BCUT2D eigenvalue weighted by Gasteiger charge is 2.26. The van der Waals surface area contributed by atoms with Crippen LogP contribution in [-0.2, 0) is 6.54 Å². The fraction of sp³-hybridized carbons (Fsp3) is 0.625. The van der Waals surface area contributed by atoms with Crippen LogP contribution in [0, 0.1) is 11.8 Å². The summed E-state index contributed by atoms with van der Waals surface area (Å²) in [4.78, 5) is 0. The first-order valence-corrected chi connectivity index (χ1v) is 7.07. The summed E-state index contributed by atoms with van der Waals surface area (Å²) in [5.41, 5.74) is 1.26. The summed E-state index contributed by atoms with van der Waals surface area (Å²) in [7, 11) is 1.74. The molecule has 0 saturated heterocycles. The maximum absolute atomic E-state index is 5.39.